The van der Waals surface area contributed by atoms with E-state index >= 15 is 0 Å². The summed E-state index contributed by atoms with van der Waals surface area (Å²) in [6.45, 7) is 9.82. The summed E-state index contributed by atoms with van der Waals surface area (Å²) in [5, 5.41) is 3.20. The molecule has 5 nitrogen and oxygen atoms in total. The van der Waals surface area contributed by atoms with E-state index in [-0.39, 0.29) is 22.9 Å². The van der Waals surface area contributed by atoms with Crippen LogP contribution in [0.2, 0.25) is 5.02 Å². The van der Waals surface area contributed by atoms with E-state index in [2.05, 4.69) is 26.1 Å². The number of sulfonamides is 1. The molecule has 1 amide bonds. The molecule has 1 N–H and O–H groups in total. The summed E-state index contributed by atoms with van der Waals surface area (Å²) >= 11 is 6.09. The molecule has 0 saturated carbocycles. The fraction of sp³-hybridized carbons (Fsp3) is 0.588. The fourth-order valence-electron chi connectivity index (χ4n) is 2.95. The molecular formula is C17H27ClN2O3S. The van der Waals surface area contributed by atoms with Gasteiger partial charge in [0.15, 0.2) is 0 Å². The Morgan fingerprint density at radius 1 is 1.17 bits per heavy atom. The summed E-state index contributed by atoms with van der Waals surface area (Å²) in [7, 11) is -3.64. The molecule has 0 aliphatic heterocycles. The van der Waals surface area contributed by atoms with E-state index in [0.717, 1.165) is 17.0 Å². The Morgan fingerprint density at radius 3 is 2.17 bits per heavy atom. The first kappa shape index (κ1) is 20.8. The van der Waals surface area contributed by atoms with Gasteiger partial charge in [0, 0.05) is 5.54 Å². The third-order valence-corrected chi connectivity index (χ3v) is 4.70. The van der Waals surface area contributed by atoms with Crippen molar-refractivity contribution in [3.63, 3.8) is 0 Å². The number of rotatable bonds is 6. The predicted octanol–water partition coefficient (Wildman–Crippen LogP) is 3.44. The fourth-order valence-corrected chi connectivity index (χ4v) is 4.11. The topological polar surface area (TPSA) is 66.5 Å². The van der Waals surface area contributed by atoms with Crippen LogP contribution in [0.15, 0.2) is 24.3 Å². The highest BCUT2D eigenvalue weighted by molar-refractivity contribution is 7.92. The van der Waals surface area contributed by atoms with Gasteiger partial charge in [-0.15, -0.1) is 0 Å². The minimum atomic E-state index is -3.64. The van der Waals surface area contributed by atoms with Crippen LogP contribution in [0.25, 0.3) is 0 Å². The van der Waals surface area contributed by atoms with Crippen molar-refractivity contribution >= 4 is 33.2 Å². The van der Waals surface area contributed by atoms with Gasteiger partial charge < -0.3 is 5.32 Å². The van der Waals surface area contributed by atoms with Crippen LogP contribution in [0.1, 0.15) is 41.0 Å². The Bertz CT molecular complexity index is 694. The molecule has 0 saturated heterocycles. The lowest BCUT2D eigenvalue weighted by molar-refractivity contribution is -0.121. The van der Waals surface area contributed by atoms with Crippen molar-refractivity contribution in [1.29, 1.82) is 0 Å². The second-order valence-electron chi connectivity index (χ2n) is 7.89. The average Bonchev–Trinajstić information content (AvgIpc) is 2.31. The predicted molar refractivity (Wildman–Crippen MR) is 99.9 cm³/mol. The summed E-state index contributed by atoms with van der Waals surface area (Å²) in [5.74, 6) is -0.366. The molecule has 24 heavy (non-hydrogen) atoms. The van der Waals surface area contributed by atoms with Gasteiger partial charge in [0.2, 0.25) is 15.9 Å². The number of para-hydroxylation sites is 1. The summed E-state index contributed by atoms with van der Waals surface area (Å²) in [6, 6.07) is 6.56. The lowest BCUT2D eigenvalue weighted by Crippen LogP contribution is -2.50. The monoisotopic (exact) mass is 374 g/mol. The minimum Gasteiger partial charge on any atom is -0.350 e. The Hall–Kier alpha value is -1.27. The molecule has 0 radical (unpaired) electrons. The van der Waals surface area contributed by atoms with Crippen molar-refractivity contribution in [2.24, 2.45) is 5.41 Å². The lowest BCUT2D eigenvalue weighted by Gasteiger charge is -2.34. The van der Waals surface area contributed by atoms with E-state index < -0.39 is 15.6 Å². The van der Waals surface area contributed by atoms with Gasteiger partial charge in [0.25, 0.3) is 0 Å². The summed E-state index contributed by atoms with van der Waals surface area (Å²) < 4.78 is 25.2. The van der Waals surface area contributed by atoms with Gasteiger partial charge in [-0.25, -0.2) is 8.42 Å². The molecule has 0 atom stereocenters. The Labute approximate surface area is 150 Å². The van der Waals surface area contributed by atoms with Gasteiger partial charge in [0.1, 0.15) is 6.54 Å². The number of hydrogen-bond donors (Lipinski definition) is 1. The van der Waals surface area contributed by atoms with Crippen LogP contribution in [0, 0.1) is 5.41 Å². The second-order valence-corrected chi connectivity index (χ2v) is 10.2. The van der Waals surface area contributed by atoms with Crippen molar-refractivity contribution < 1.29 is 13.2 Å². The van der Waals surface area contributed by atoms with Crippen LogP contribution in [-0.2, 0) is 14.8 Å². The molecule has 0 fully saturated rings. The first-order valence-electron chi connectivity index (χ1n) is 7.75. The van der Waals surface area contributed by atoms with Crippen molar-refractivity contribution in [3.05, 3.63) is 29.3 Å². The number of nitrogens with zero attached hydrogens (tertiary/aromatic N) is 1. The number of carbonyl (C=O) groups is 1. The number of amides is 1. The van der Waals surface area contributed by atoms with E-state index in [1.807, 2.05) is 13.8 Å². The molecule has 0 aliphatic carbocycles. The molecule has 0 bridgehead atoms. The molecule has 0 heterocycles. The highest BCUT2D eigenvalue weighted by Crippen LogP contribution is 2.28. The zero-order chi connectivity index (χ0) is 18.8. The third kappa shape index (κ3) is 6.69. The Morgan fingerprint density at radius 2 is 1.71 bits per heavy atom. The van der Waals surface area contributed by atoms with Gasteiger partial charge in [-0.1, -0.05) is 44.5 Å². The van der Waals surface area contributed by atoms with Gasteiger partial charge in [-0.3, -0.25) is 9.10 Å². The normalized spacial score (nSPS) is 12.8. The number of nitrogens with one attached hydrogen (secondary N) is 1. The lowest BCUT2D eigenvalue weighted by atomic mass is 9.82. The first-order valence-corrected chi connectivity index (χ1v) is 9.97. The molecule has 7 heteroatoms. The highest BCUT2D eigenvalue weighted by atomic mass is 35.5. The molecule has 0 unspecified atom stereocenters. The minimum absolute atomic E-state index is 0.0377. The smallest absolute Gasteiger partial charge is 0.241 e. The van der Waals surface area contributed by atoms with E-state index in [9.17, 15) is 13.2 Å². The van der Waals surface area contributed by atoms with Gasteiger partial charge in [-0.05, 0) is 37.8 Å². The van der Waals surface area contributed by atoms with Crippen LogP contribution < -0.4 is 9.62 Å². The SMILES string of the molecule is CC(C)(C)CC(C)(C)NC(=O)CN(c1ccccc1Cl)S(C)(=O)=O. The molecule has 0 aliphatic rings. The van der Waals surface area contributed by atoms with Crippen LogP contribution in [0.3, 0.4) is 0 Å². The second kappa shape index (κ2) is 7.31. The number of halogens is 1. The standard InChI is InChI=1S/C17H27ClN2O3S/c1-16(2,3)12-17(4,5)19-15(21)11-20(24(6,22)23)14-10-8-7-9-13(14)18/h7-10H,11-12H2,1-6H3,(H,19,21). The highest BCUT2D eigenvalue weighted by Gasteiger charge is 2.29. The van der Waals surface area contributed by atoms with Crippen LogP contribution in [0.4, 0.5) is 5.69 Å². The largest absolute Gasteiger partial charge is 0.350 e. The van der Waals surface area contributed by atoms with Crippen LogP contribution >= 0.6 is 11.6 Å². The molecule has 1 aromatic rings. The third-order valence-electron chi connectivity index (χ3n) is 3.26. The summed E-state index contributed by atoms with van der Waals surface area (Å²) in [4.78, 5) is 12.4. The molecule has 1 rings (SSSR count). The zero-order valence-electron chi connectivity index (χ0n) is 15.2. The average molecular weight is 375 g/mol. The quantitative estimate of drug-likeness (QED) is 0.829. The van der Waals surface area contributed by atoms with E-state index in [1.54, 1.807) is 24.3 Å². The maximum atomic E-state index is 12.4. The molecule has 136 valence electrons. The van der Waals surface area contributed by atoms with Crippen molar-refractivity contribution in [3.8, 4) is 0 Å². The molecule has 0 aromatic heterocycles. The number of anilines is 1. The molecular weight excluding hydrogens is 348 g/mol. The maximum absolute atomic E-state index is 12.4. The van der Waals surface area contributed by atoms with Gasteiger partial charge in [0.05, 0.1) is 17.0 Å². The van der Waals surface area contributed by atoms with E-state index in [4.69, 9.17) is 11.6 Å². The van der Waals surface area contributed by atoms with Gasteiger partial charge in [-0.2, -0.15) is 0 Å². The van der Waals surface area contributed by atoms with Crippen LogP contribution in [-0.4, -0.2) is 32.7 Å². The van der Waals surface area contributed by atoms with Crippen molar-refractivity contribution in [2.75, 3.05) is 17.1 Å². The Kier molecular flexibility index (Phi) is 6.33. The number of carbonyl (C=O) groups excluding carboxylic acids is 1. The molecule has 0 spiro atoms. The Balaban J connectivity index is 2.97. The van der Waals surface area contributed by atoms with E-state index in [1.165, 1.54) is 0 Å². The van der Waals surface area contributed by atoms with Crippen LogP contribution in [0.5, 0.6) is 0 Å². The first-order chi connectivity index (χ1) is 10.7. The van der Waals surface area contributed by atoms with E-state index in [0.29, 0.717) is 5.69 Å². The van der Waals surface area contributed by atoms with Crippen molar-refractivity contribution in [1.82, 2.24) is 5.32 Å². The summed E-state index contributed by atoms with van der Waals surface area (Å²) in [6.07, 6.45) is 1.82. The maximum Gasteiger partial charge on any atom is 0.241 e. The number of benzene rings is 1. The molecule has 1 aromatic carbocycles. The summed E-state index contributed by atoms with van der Waals surface area (Å²) in [5.41, 5.74) is -0.111. The number of hydrogen-bond acceptors (Lipinski definition) is 3. The van der Waals surface area contributed by atoms with Gasteiger partial charge >= 0.3 is 0 Å². The van der Waals surface area contributed by atoms with Crippen molar-refractivity contribution in [2.45, 2.75) is 46.6 Å². The zero-order valence-corrected chi connectivity index (χ0v) is 16.8.